The molecule has 0 bridgehead atoms. The van der Waals surface area contributed by atoms with Crippen LogP contribution in [-0.2, 0) is 24.3 Å². The number of fused-ring (bicyclic) bond motifs is 1. The number of hydrogen-bond donors (Lipinski definition) is 2. The zero-order valence-corrected chi connectivity index (χ0v) is 17.2. The largest absolute Gasteiger partial charge is 0.352 e. The zero-order valence-electron chi connectivity index (χ0n) is 17.2. The normalized spacial score (nSPS) is 14.7. The number of para-hydroxylation sites is 1. The maximum Gasteiger partial charge on any atom is 0.258 e. The molecule has 0 saturated carbocycles. The molecular formula is C24H28N4O2. The number of benzene rings is 2. The van der Waals surface area contributed by atoms with Crippen molar-refractivity contribution in [2.75, 3.05) is 13.1 Å². The third kappa shape index (κ3) is 5.13. The highest BCUT2D eigenvalue weighted by Gasteiger charge is 2.13. The summed E-state index contributed by atoms with van der Waals surface area (Å²) in [7, 11) is 0. The number of aryl methyl sites for hydroxylation is 1. The van der Waals surface area contributed by atoms with E-state index in [0.717, 1.165) is 25.2 Å². The first-order valence-corrected chi connectivity index (χ1v) is 10.7. The molecule has 1 aromatic heterocycles. The van der Waals surface area contributed by atoms with Crippen LogP contribution in [0.1, 0.15) is 42.6 Å². The molecule has 3 aromatic rings. The van der Waals surface area contributed by atoms with E-state index in [9.17, 15) is 9.59 Å². The van der Waals surface area contributed by atoms with Gasteiger partial charge in [-0.25, -0.2) is 4.98 Å². The maximum atomic E-state index is 12.4. The monoisotopic (exact) mass is 404 g/mol. The third-order valence-electron chi connectivity index (χ3n) is 5.69. The zero-order chi connectivity index (χ0) is 20.8. The van der Waals surface area contributed by atoms with E-state index in [1.165, 1.54) is 24.8 Å². The molecule has 1 aliphatic heterocycles. The quantitative estimate of drug-likeness (QED) is 0.634. The minimum absolute atomic E-state index is 0.0430. The molecule has 0 atom stereocenters. The van der Waals surface area contributed by atoms with Crippen LogP contribution in [0.5, 0.6) is 0 Å². The Morgan fingerprint density at radius 3 is 2.57 bits per heavy atom. The standard InChI is InChI=1S/C24H28N4O2/c29-23(13-12-22-26-21-11-5-4-10-20(21)24(30)27-22)25-16-18-8-2-3-9-19(18)17-28-14-6-1-7-15-28/h2-5,8-11H,1,6-7,12-17H2,(H,25,29)(H,26,27,30). The number of piperidine rings is 1. The smallest absolute Gasteiger partial charge is 0.258 e. The van der Waals surface area contributed by atoms with Crippen LogP contribution in [0, 0.1) is 0 Å². The van der Waals surface area contributed by atoms with Crippen LogP contribution < -0.4 is 10.9 Å². The van der Waals surface area contributed by atoms with Crippen molar-refractivity contribution in [1.29, 1.82) is 0 Å². The van der Waals surface area contributed by atoms with E-state index in [1.54, 1.807) is 6.07 Å². The number of nitrogens with one attached hydrogen (secondary N) is 2. The topological polar surface area (TPSA) is 78.1 Å². The molecule has 2 N–H and O–H groups in total. The van der Waals surface area contributed by atoms with E-state index >= 15 is 0 Å². The van der Waals surface area contributed by atoms with Gasteiger partial charge < -0.3 is 10.3 Å². The van der Waals surface area contributed by atoms with Crippen LogP contribution in [0.4, 0.5) is 0 Å². The summed E-state index contributed by atoms with van der Waals surface area (Å²) in [6.45, 7) is 3.76. The molecule has 6 nitrogen and oxygen atoms in total. The average molecular weight is 405 g/mol. The molecule has 0 unspecified atom stereocenters. The fourth-order valence-electron chi connectivity index (χ4n) is 4.01. The van der Waals surface area contributed by atoms with Crippen molar-refractivity contribution in [1.82, 2.24) is 20.2 Å². The Balaban J connectivity index is 1.32. The van der Waals surface area contributed by atoms with Crippen LogP contribution in [0.15, 0.2) is 53.3 Å². The van der Waals surface area contributed by atoms with E-state index in [2.05, 4.69) is 38.4 Å². The second-order valence-electron chi connectivity index (χ2n) is 7.91. The molecule has 0 radical (unpaired) electrons. The first kappa shape index (κ1) is 20.3. The van der Waals surface area contributed by atoms with Crippen molar-refractivity contribution in [3.63, 3.8) is 0 Å². The molecule has 0 aliphatic carbocycles. The summed E-state index contributed by atoms with van der Waals surface area (Å²) < 4.78 is 0. The Bertz CT molecular complexity index is 1070. The van der Waals surface area contributed by atoms with Crippen molar-refractivity contribution in [3.05, 3.63) is 75.8 Å². The molecule has 1 amide bonds. The lowest BCUT2D eigenvalue weighted by Crippen LogP contribution is -2.30. The molecule has 6 heteroatoms. The van der Waals surface area contributed by atoms with Gasteiger partial charge in [0.1, 0.15) is 5.82 Å². The summed E-state index contributed by atoms with van der Waals surface area (Å²) in [5.41, 5.74) is 2.93. The number of nitrogens with zero attached hydrogens (tertiary/aromatic N) is 2. The average Bonchev–Trinajstić information content (AvgIpc) is 2.78. The van der Waals surface area contributed by atoms with E-state index in [1.807, 2.05) is 24.3 Å². The number of carbonyl (C=O) groups is 1. The molecule has 4 rings (SSSR count). The molecule has 156 valence electrons. The lowest BCUT2D eigenvalue weighted by atomic mass is 10.0. The van der Waals surface area contributed by atoms with E-state index in [-0.39, 0.29) is 17.9 Å². The second kappa shape index (κ2) is 9.67. The molecule has 30 heavy (non-hydrogen) atoms. The van der Waals surface area contributed by atoms with Crippen LogP contribution in [0.2, 0.25) is 0 Å². The number of rotatable bonds is 7. The van der Waals surface area contributed by atoms with Gasteiger partial charge in [0, 0.05) is 25.9 Å². The Hall–Kier alpha value is -2.99. The van der Waals surface area contributed by atoms with Gasteiger partial charge in [-0.3, -0.25) is 14.5 Å². The number of aromatic nitrogens is 2. The summed E-state index contributed by atoms with van der Waals surface area (Å²) in [6, 6.07) is 15.5. The number of likely N-dealkylation sites (tertiary alicyclic amines) is 1. The third-order valence-corrected chi connectivity index (χ3v) is 5.69. The summed E-state index contributed by atoms with van der Waals surface area (Å²) >= 11 is 0. The fraction of sp³-hybridized carbons (Fsp3) is 0.375. The lowest BCUT2D eigenvalue weighted by Gasteiger charge is -2.27. The molecule has 1 saturated heterocycles. The Labute approximate surface area is 176 Å². The van der Waals surface area contributed by atoms with Crippen molar-refractivity contribution in [3.8, 4) is 0 Å². The second-order valence-corrected chi connectivity index (χ2v) is 7.91. The van der Waals surface area contributed by atoms with Crippen LogP contribution >= 0.6 is 0 Å². The Kier molecular flexibility index (Phi) is 6.54. The minimum Gasteiger partial charge on any atom is -0.352 e. The lowest BCUT2D eigenvalue weighted by molar-refractivity contribution is -0.121. The van der Waals surface area contributed by atoms with Crippen LogP contribution in [0.25, 0.3) is 10.9 Å². The maximum absolute atomic E-state index is 12.4. The fourth-order valence-corrected chi connectivity index (χ4v) is 4.01. The highest BCUT2D eigenvalue weighted by Crippen LogP contribution is 2.16. The van der Waals surface area contributed by atoms with Crippen LogP contribution in [-0.4, -0.2) is 33.9 Å². The minimum atomic E-state index is -0.164. The molecular weight excluding hydrogens is 376 g/mol. The molecule has 2 heterocycles. The Morgan fingerprint density at radius 2 is 1.73 bits per heavy atom. The van der Waals surface area contributed by atoms with Crippen LogP contribution in [0.3, 0.4) is 0 Å². The summed E-state index contributed by atoms with van der Waals surface area (Å²) in [4.78, 5) is 34.3. The number of carbonyl (C=O) groups excluding carboxylic acids is 1. The van der Waals surface area contributed by atoms with Gasteiger partial charge in [-0.05, 0) is 49.2 Å². The van der Waals surface area contributed by atoms with Gasteiger partial charge in [0.25, 0.3) is 5.56 Å². The van der Waals surface area contributed by atoms with E-state index in [0.29, 0.717) is 29.7 Å². The summed E-state index contributed by atoms with van der Waals surface area (Å²) in [5, 5.41) is 3.59. The number of amides is 1. The van der Waals surface area contributed by atoms with Gasteiger partial charge in [0.2, 0.25) is 5.91 Å². The molecule has 1 aliphatic rings. The molecule has 1 fully saturated rings. The van der Waals surface area contributed by atoms with E-state index < -0.39 is 0 Å². The number of H-pyrrole nitrogens is 1. The van der Waals surface area contributed by atoms with Crippen molar-refractivity contribution in [2.45, 2.75) is 45.2 Å². The first-order valence-electron chi connectivity index (χ1n) is 10.7. The number of aromatic amines is 1. The van der Waals surface area contributed by atoms with Crippen molar-refractivity contribution < 1.29 is 4.79 Å². The van der Waals surface area contributed by atoms with Crippen molar-refractivity contribution in [2.24, 2.45) is 0 Å². The van der Waals surface area contributed by atoms with Gasteiger partial charge in [0.05, 0.1) is 10.9 Å². The van der Waals surface area contributed by atoms with Gasteiger partial charge in [-0.1, -0.05) is 42.8 Å². The van der Waals surface area contributed by atoms with Gasteiger partial charge in [-0.15, -0.1) is 0 Å². The Morgan fingerprint density at radius 1 is 1.00 bits per heavy atom. The number of hydrogen-bond acceptors (Lipinski definition) is 4. The molecule has 2 aromatic carbocycles. The predicted octanol–water partition coefficient (Wildman–Crippen LogP) is 3.16. The summed E-state index contributed by atoms with van der Waals surface area (Å²) in [5.74, 6) is 0.498. The van der Waals surface area contributed by atoms with Gasteiger partial charge in [0.15, 0.2) is 0 Å². The highest BCUT2D eigenvalue weighted by molar-refractivity contribution is 5.78. The van der Waals surface area contributed by atoms with Gasteiger partial charge in [-0.2, -0.15) is 0 Å². The molecule has 0 spiro atoms. The van der Waals surface area contributed by atoms with Gasteiger partial charge >= 0.3 is 0 Å². The highest BCUT2D eigenvalue weighted by atomic mass is 16.1. The predicted molar refractivity (Wildman–Crippen MR) is 118 cm³/mol. The first-order chi connectivity index (χ1) is 14.7. The SMILES string of the molecule is O=C(CCc1nc2ccccc2c(=O)[nH]1)NCc1ccccc1CN1CCCCC1. The van der Waals surface area contributed by atoms with E-state index in [4.69, 9.17) is 0 Å². The van der Waals surface area contributed by atoms with Crippen molar-refractivity contribution >= 4 is 16.8 Å². The summed E-state index contributed by atoms with van der Waals surface area (Å²) in [6.07, 6.45) is 4.55.